The zero-order chi connectivity index (χ0) is 21.6. The van der Waals surface area contributed by atoms with Crippen LogP contribution in [0.2, 0.25) is 5.02 Å². The lowest BCUT2D eigenvalue weighted by Crippen LogP contribution is -2.39. The van der Waals surface area contributed by atoms with E-state index in [2.05, 4.69) is 15.5 Å². The lowest BCUT2D eigenvalue weighted by Gasteiger charge is -2.24. The SMILES string of the molecule is Cc1ccc(N(CC(=O)N/N=C/c2ccccn2)S(=O)(=O)c2ccccc2)cc1Cl. The second-order valence-electron chi connectivity index (χ2n) is 6.31. The fraction of sp³-hybridized carbons (Fsp3) is 0.0952. The minimum Gasteiger partial charge on any atom is -0.271 e. The van der Waals surface area contributed by atoms with E-state index in [1.54, 1.807) is 61.7 Å². The van der Waals surface area contributed by atoms with E-state index in [4.69, 9.17) is 11.6 Å². The van der Waals surface area contributed by atoms with Crippen LogP contribution in [0.1, 0.15) is 11.3 Å². The highest BCUT2D eigenvalue weighted by Crippen LogP contribution is 2.27. The second-order valence-corrected chi connectivity index (χ2v) is 8.58. The maximum atomic E-state index is 13.2. The maximum Gasteiger partial charge on any atom is 0.264 e. The van der Waals surface area contributed by atoms with Crippen molar-refractivity contribution in [2.75, 3.05) is 10.8 Å². The quantitative estimate of drug-likeness (QED) is 0.448. The van der Waals surface area contributed by atoms with Gasteiger partial charge in [-0.15, -0.1) is 0 Å². The normalized spacial score (nSPS) is 11.4. The van der Waals surface area contributed by atoms with Gasteiger partial charge in [0.2, 0.25) is 0 Å². The fourth-order valence-electron chi connectivity index (χ4n) is 2.56. The number of aryl methyl sites for hydroxylation is 1. The van der Waals surface area contributed by atoms with Crippen LogP contribution in [-0.2, 0) is 14.8 Å². The summed E-state index contributed by atoms with van der Waals surface area (Å²) >= 11 is 6.19. The first-order valence-corrected chi connectivity index (χ1v) is 10.8. The van der Waals surface area contributed by atoms with Gasteiger partial charge >= 0.3 is 0 Å². The number of carbonyl (C=O) groups excluding carboxylic acids is 1. The number of nitrogens with one attached hydrogen (secondary N) is 1. The number of pyridine rings is 1. The van der Waals surface area contributed by atoms with Gasteiger partial charge in [-0.05, 0) is 48.9 Å². The third kappa shape index (κ3) is 5.22. The predicted octanol–water partition coefficient (Wildman–Crippen LogP) is 3.39. The van der Waals surface area contributed by atoms with Gasteiger partial charge in [0.1, 0.15) is 6.54 Å². The lowest BCUT2D eigenvalue weighted by atomic mass is 10.2. The predicted molar refractivity (Wildman–Crippen MR) is 117 cm³/mol. The van der Waals surface area contributed by atoms with Crippen LogP contribution in [0.5, 0.6) is 0 Å². The number of carbonyl (C=O) groups is 1. The zero-order valence-corrected chi connectivity index (χ0v) is 17.6. The summed E-state index contributed by atoms with van der Waals surface area (Å²) in [6, 6.07) is 18.0. The molecule has 0 unspecified atom stereocenters. The number of hydrogen-bond acceptors (Lipinski definition) is 5. The Balaban J connectivity index is 1.87. The zero-order valence-electron chi connectivity index (χ0n) is 16.1. The molecule has 1 amide bonds. The molecule has 0 radical (unpaired) electrons. The number of anilines is 1. The topological polar surface area (TPSA) is 91.7 Å². The Kier molecular flexibility index (Phi) is 6.81. The molecule has 0 aliphatic rings. The van der Waals surface area contributed by atoms with E-state index in [9.17, 15) is 13.2 Å². The van der Waals surface area contributed by atoms with Gasteiger partial charge in [0.25, 0.3) is 15.9 Å². The van der Waals surface area contributed by atoms with Gasteiger partial charge in [-0.3, -0.25) is 14.1 Å². The van der Waals surface area contributed by atoms with E-state index >= 15 is 0 Å². The smallest absolute Gasteiger partial charge is 0.264 e. The molecule has 0 atom stereocenters. The van der Waals surface area contributed by atoms with Crippen molar-refractivity contribution in [3.05, 3.63) is 89.2 Å². The van der Waals surface area contributed by atoms with Gasteiger partial charge in [-0.2, -0.15) is 5.10 Å². The number of hydrogen-bond donors (Lipinski definition) is 1. The molecule has 0 aliphatic carbocycles. The van der Waals surface area contributed by atoms with Gasteiger partial charge in [0, 0.05) is 11.2 Å². The first kappa shape index (κ1) is 21.5. The van der Waals surface area contributed by atoms with E-state index in [0.29, 0.717) is 10.7 Å². The monoisotopic (exact) mass is 442 g/mol. The standard InChI is InChI=1S/C21H19ClN4O3S/c1-16-10-11-18(13-20(16)22)26(30(28,29)19-8-3-2-4-9-19)15-21(27)25-24-14-17-7-5-6-12-23-17/h2-14H,15H2,1H3,(H,25,27)/b24-14+. The number of halogens is 1. The summed E-state index contributed by atoms with van der Waals surface area (Å²) in [6.45, 7) is 1.33. The molecule has 1 heterocycles. The summed E-state index contributed by atoms with van der Waals surface area (Å²) in [5.41, 5.74) is 3.95. The van der Waals surface area contributed by atoms with Gasteiger partial charge in [-0.1, -0.05) is 41.9 Å². The van der Waals surface area contributed by atoms with Gasteiger partial charge in [0.05, 0.1) is 22.5 Å². The van der Waals surface area contributed by atoms with Crippen LogP contribution in [0.25, 0.3) is 0 Å². The van der Waals surface area contributed by atoms with Gasteiger partial charge in [-0.25, -0.2) is 13.8 Å². The first-order chi connectivity index (χ1) is 14.4. The van der Waals surface area contributed by atoms with Crippen molar-refractivity contribution in [1.82, 2.24) is 10.4 Å². The highest BCUT2D eigenvalue weighted by atomic mass is 35.5. The number of aromatic nitrogens is 1. The van der Waals surface area contributed by atoms with E-state index in [-0.39, 0.29) is 10.6 Å². The lowest BCUT2D eigenvalue weighted by molar-refractivity contribution is -0.119. The molecule has 2 aromatic carbocycles. The molecule has 0 aliphatic heterocycles. The minimum absolute atomic E-state index is 0.0616. The number of amides is 1. The van der Waals surface area contributed by atoms with E-state index in [1.807, 2.05) is 0 Å². The Labute approximate surface area is 180 Å². The minimum atomic E-state index is -4.01. The number of nitrogens with zero attached hydrogens (tertiary/aromatic N) is 3. The van der Waals surface area contributed by atoms with Crippen molar-refractivity contribution < 1.29 is 13.2 Å². The largest absolute Gasteiger partial charge is 0.271 e. The van der Waals surface area contributed by atoms with Gasteiger partial charge < -0.3 is 0 Å². The first-order valence-electron chi connectivity index (χ1n) is 8.95. The number of benzene rings is 2. The molecule has 9 heteroatoms. The van der Waals surface area contributed by atoms with Crippen LogP contribution < -0.4 is 9.73 Å². The number of rotatable bonds is 7. The maximum absolute atomic E-state index is 13.2. The molecule has 0 saturated carbocycles. The molecule has 3 rings (SSSR count). The van der Waals surface area contributed by atoms with E-state index in [1.165, 1.54) is 24.4 Å². The van der Waals surface area contributed by atoms with Crippen LogP contribution in [0, 0.1) is 6.92 Å². The van der Waals surface area contributed by atoms with Gasteiger partial charge in [0.15, 0.2) is 0 Å². The summed E-state index contributed by atoms with van der Waals surface area (Å²) in [5, 5.41) is 4.24. The van der Waals surface area contributed by atoms with E-state index < -0.39 is 22.5 Å². The van der Waals surface area contributed by atoms with Crippen molar-refractivity contribution in [1.29, 1.82) is 0 Å². The molecular weight excluding hydrogens is 424 g/mol. The second kappa shape index (κ2) is 9.51. The number of sulfonamides is 1. The van der Waals surface area contributed by atoms with Crippen LogP contribution in [-0.4, -0.2) is 32.1 Å². The molecule has 154 valence electrons. The summed E-state index contributed by atoms with van der Waals surface area (Å²) in [5.74, 6) is -0.613. The Bertz CT molecular complexity index is 1150. The Morgan fingerprint density at radius 1 is 1.13 bits per heavy atom. The summed E-state index contributed by atoms with van der Waals surface area (Å²) < 4.78 is 27.4. The summed E-state index contributed by atoms with van der Waals surface area (Å²) in [6.07, 6.45) is 2.97. The third-order valence-corrected chi connectivity index (χ3v) is 6.33. The summed E-state index contributed by atoms with van der Waals surface area (Å²) in [7, 11) is -4.01. The Morgan fingerprint density at radius 2 is 1.87 bits per heavy atom. The van der Waals surface area contributed by atoms with Crippen molar-refractivity contribution in [3.8, 4) is 0 Å². The van der Waals surface area contributed by atoms with Crippen LogP contribution in [0.15, 0.2) is 82.9 Å². The molecule has 7 nitrogen and oxygen atoms in total. The summed E-state index contributed by atoms with van der Waals surface area (Å²) in [4.78, 5) is 16.6. The van der Waals surface area contributed by atoms with Crippen molar-refractivity contribution in [2.45, 2.75) is 11.8 Å². The Hall–Kier alpha value is -3.23. The highest BCUT2D eigenvalue weighted by molar-refractivity contribution is 7.92. The molecule has 0 fully saturated rings. The molecule has 0 saturated heterocycles. The van der Waals surface area contributed by atoms with Crippen molar-refractivity contribution >= 4 is 39.4 Å². The van der Waals surface area contributed by atoms with Crippen LogP contribution in [0.4, 0.5) is 5.69 Å². The van der Waals surface area contributed by atoms with Crippen LogP contribution >= 0.6 is 11.6 Å². The molecule has 1 N–H and O–H groups in total. The molecule has 30 heavy (non-hydrogen) atoms. The average molecular weight is 443 g/mol. The molecular formula is C21H19ClN4O3S. The van der Waals surface area contributed by atoms with Crippen molar-refractivity contribution in [2.24, 2.45) is 5.10 Å². The Morgan fingerprint density at radius 3 is 2.53 bits per heavy atom. The third-order valence-electron chi connectivity index (χ3n) is 4.14. The number of hydrazone groups is 1. The molecule has 0 spiro atoms. The van der Waals surface area contributed by atoms with Crippen LogP contribution in [0.3, 0.4) is 0 Å². The molecule has 3 aromatic rings. The molecule has 0 bridgehead atoms. The average Bonchev–Trinajstić information content (AvgIpc) is 2.75. The van der Waals surface area contributed by atoms with Crippen molar-refractivity contribution in [3.63, 3.8) is 0 Å². The fourth-order valence-corrected chi connectivity index (χ4v) is 4.17. The molecule has 1 aromatic heterocycles. The van der Waals surface area contributed by atoms with E-state index in [0.717, 1.165) is 9.87 Å². The highest BCUT2D eigenvalue weighted by Gasteiger charge is 2.27.